The molecule has 118 valence electrons. The molecule has 0 spiro atoms. The van der Waals surface area contributed by atoms with E-state index in [1.807, 2.05) is 0 Å². The van der Waals surface area contributed by atoms with E-state index in [1.54, 1.807) is 0 Å². The van der Waals surface area contributed by atoms with Crippen LogP contribution < -0.4 is 11.1 Å². The van der Waals surface area contributed by atoms with Crippen molar-refractivity contribution in [2.75, 3.05) is 11.1 Å². The summed E-state index contributed by atoms with van der Waals surface area (Å²) in [5, 5.41) is 3.84. The summed E-state index contributed by atoms with van der Waals surface area (Å²) in [6.07, 6.45) is 9.98. The Hall–Kier alpha value is -0.820. The third kappa shape index (κ3) is 3.34. The van der Waals surface area contributed by atoms with Crippen LogP contribution in [-0.2, 0) is 9.84 Å². The zero-order chi connectivity index (χ0) is 14.9. The monoisotopic (exact) mass is 329 g/mol. The highest BCUT2D eigenvalue weighted by atomic mass is 32.2. The van der Waals surface area contributed by atoms with Crippen molar-refractivity contribution in [2.45, 2.75) is 74.0 Å². The Bertz CT molecular complexity index is 585. The third-order valence-corrected chi connectivity index (χ3v) is 7.62. The maximum absolute atomic E-state index is 12.5. The first-order valence-corrected chi connectivity index (χ1v) is 10.2. The van der Waals surface area contributed by atoms with Gasteiger partial charge in [-0.1, -0.05) is 32.1 Å². The van der Waals surface area contributed by atoms with E-state index in [4.69, 9.17) is 5.73 Å². The van der Waals surface area contributed by atoms with E-state index in [9.17, 15) is 8.42 Å². The Morgan fingerprint density at radius 2 is 1.67 bits per heavy atom. The average molecular weight is 329 g/mol. The summed E-state index contributed by atoms with van der Waals surface area (Å²) in [6.45, 7) is 0. The topological polar surface area (TPSA) is 85.1 Å². The van der Waals surface area contributed by atoms with Crippen molar-refractivity contribution in [2.24, 2.45) is 0 Å². The van der Waals surface area contributed by atoms with Gasteiger partial charge in [-0.2, -0.15) is 4.37 Å². The van der Waals surface area contributed by atoms with E-state index >= 15 is 0 Å². The molecule has 0 unspecified atom stereocenters. The molecule has 1 heterocycles. The summed E-state index contributed by atoms with van der Waals surface area (Å²) in [5.74, 6) is 0.167. The fourth-order valence-electron chi connectivity index (χ4n) is 2.99. The van der Waals surface area contributed by atoms with Gasteiger partial charge >= 0.3 is 0 Å². The van der Waals surface area contributed by atoms with Crippen molar-refractivity contribution in [1.29, 1.82) is 0 Å². The van der Waals surface area contributed by atoms with E-state index in [-0.39, 0.29) is 16.0 Å². The largest absolute Gasteiger partial charge is 0.382 e. The van der Waals surface area contributed by atoms with Gasteiger partial charge in [-0.15, -0.1) is 0 Å². The fraction of sp³-hybridized carbons (Fsp3) is 0.786. The maximum Gasteiger partial charge on any atom is 0.187 e. The van der Waals surface area contributed by atoms with Gasteiger partial charge in [0.2, 0.25) is 0 Å². The summed E-state index contributed by atoms with van der Waals surface area (Å²) in [4.78, 5) is 0.261. The molecule has 2 aliphatic carbocycles. The van der Waals surface area contributed by atoms with Crippen LogP contribution in [0.4, 0.5) is 10.8 Å². The molecule has 0 aliphatic heterocycles. The smallest absolute Gasteiger partial charge is 0.187 e. The predicted octanol–water partition coefficient (Wildman–Crippen LogP) is 3.19. The number of hydrogen-bond acceptors (Lipinski definition) is 6. The molecule has 3 rings (SSSR count). The summed E-state index contributed by atoms with van der Waals surface area (Å²) in [5.41, 5.74) is 5.83. The van der Waals surface area contributed by atoms with Gasteiger partial charge in [0.25, 0.3) is 0 Å². The van der Waals surface area contributed by atoms with Gasteiger partial charge < -0.3 is 11.1 Å². The molecular weight excluding hydrogens is 306 g/mol. The van der Waals surface area contributed by atoms with Crippen LogP contribution in [0.1, 0.15) is 57.8 Å². The highest BCUT2D eigenvalue weighted by Gasteiger charge is 2.41. The number of anilines is 2. The molecule has 0 bridgehead atoms. The molecule has 7 heteroatoms. The number of hydrogen-bond donors (Lipinski definition) is 2. The van der Waals surface area contributed by atoms with E-state index in [2.05, 4.69) is 9.69 Å². The number of nitrogens with zero attached hydrogens (tertiary/aromatic N) is 1. The lowest BCUT2D eigenvalue weighted by atomic mass is 9.97. The van der Waals surface area contributed by atoms with Crippen molar-refractivity contribution in [1.82, 2.24) is 4.37 Å². The van der Waals surface area contributed by atoms with Gasteiger partial charge in [0, 0.05) is 6.04 Å². The van der Waals surface area contributed by atoms with E-state index < -0.39 is 9.84 Å². The van der Waals surface area contributed by atoms with Crippen LogP contribution in [0.5, 0.6) is 0 Å². The van der Waals surface area contributed by atoms with Crippen LogP contribution in [0.25, 0.3) is 0 Å². The van der Waals surface area contributed by atoms with Gasteiger partial charge in [0.1, 0.15) is 9.90 Å². The van der Waals surface area contributed by atoms with Crippen LogP contribution >= 0.6 is 11.5 Å². The molecule has 0 atom stereocenters. The molecule has 1 aromatic rings. The molecule has 3 N–H and O–H groups in total. The second-order valence-corrected chi connectivity index (χ2v) is 9.10. The van der Waals surface area contributed by atoms with Gasteiger partial charge in [-0.05, 0) is 37.2 Å². The summed E-state index contributed by atoms with van der Waals surface area (Å²) in [7, 11) is -3.29. The highest BCUT2D eigenvalue weighted by Crippen LogP contribution is 2.41. The van der Waals surface area contributed by atoms with Crippen molar-refractivity contribution in [3.8, 4) is 0 Å². The Balaban J connectivity index is 1.79. The van der Waals surface area contributed by atoms with E-state index in [1.165, 1.54) is 43.6 Å². The first-order valence-electron chi connectivity index (χ1n) is 7.84. The zero-order valence-electron chi connectivity index (χ0n) is 12.2. The molecule has 2 fully saturated rings. The molecule has 2 saturated carbocycles. The molecule has 0 amide bonds. The number of sulfone groups is 1. The first kappa shape index (κ1) is 15.1. The summed E-state index contributed by atoms with van der Waals surface area (Å²) >= 11 is 1.19. The van der Waals surface area contributed by atoms with E-state index in [0.29, 0.717) is 11.0 Å². The lowest BCUT2D eigenvalue weighted by Crippen LogP contribution is -2.21. The normalized spacial score (nSPS) is 21.7. The molecular formula is C14H23N3O2S2. The maximum atomic E-state index is 12.5. The lowest BCUT2D eigenvalue weighted by Gasteiger charge is -2.21. The molecule has 1 aromatic heterocycles. The Morgan fingerprint density at radius 1 is 1.05 bits per heavy atom. The number of nitrogen functional groups attached to an aromatic ring is 1. The Morgan fingerprint density at radius 3 is 2.29 bits per heavy atom. The van der Waals surface area contributed by atoms with Gasteiger partial charge in [0.05, 0.1) is 5.25 Å². The van der Waals surface area contributed by atoms with Crippen molar-refractivity contribution in [3.63, 3.8) is 0 Å². The van der Waals surface area contributed by atoms with Crippen LogP contribution in [0.3, 0.4) is 0 Å². The van der Waals surface area contributed by atoms with Crippen LogP contribution in [0.15, 0.2) is 4.90 Å². The number of nitrogens with two attached hydrogens (primary N) is 1. The second kappa shape index (κ2) is 6.12. The zero-order valence-corrected chi connectivity index (χ0v) is 13.8. The SMILES string of the molecule is Nc1nsc(NC2CCCCCCC2)c1S(=O)(=O)C1CC1. The van der Waals surface area contributed by atoms with Gasteiger partial charge in [-0.3, -0.25) is 0 Å². The van der Waals surface area contributed by atoms with E-state index in [0.717, 1.165) is 25.7 Å². The molecule has 0 radical (unpaired) electrons. The second-order valence-electron chi connectivity index (χ2n) is 6.16. The van der Waals surface area contributed by atoms with Gasteiger partial charge in [0.15, 0.2) is 15.7 Å². The Labute approximate surface area is 130 Å². The van der Waals surface area contributed by atoms with Crippen LogP contribution in [-0.4, -0.2) is 24.1 Å². The summed E-state index contributed by atoms with van der Waals surface area (Å²) < 4.78 is 29.1. The van der Waals surface area contributed by atoms with Crippen LogP contribution in [0.2, 0.25) is 0 Å². The number of nitrogens with one attached hydrogen (secondary N) is 1. The number of aromatic nitrogens is 1. The summed E-state index contributed by atoms with van der Waals surface area (Å²) in [6, 6.07) is 0.346. The first-order chi connectivity index (χ1) is 10.1. The quantitative estimate of drug-likeness (QED) is 0.886. The standard InChI is InChI=1S/C14H23N3O2S2/c15-13-12(21(18,19)11-8-9-11)14(20-17-13)16-10-6-4-2-1-3-5-7-10/h10-11,16H,1-9H2,(H2,15,17). The van der Waals surface area contributed by atoms with Crippen LogP contribution in [0, 0.1) is 0 Å². The minimum Gasteiger partial charge on any atom is -0.382 e. The highest BCUT2D eigenvalue weighted by molar-refractivity contribution is 7.92. The molecule has 5 nitrogen and oxygen atoms in total. The van der Waals surface area contributed by atoms with Crippen molar-refractivity contribution in [3.05, 3.63) is 0 Å². The van der Waals surface area contributed by atoms with Crippen molar-refractivity contribution >= 4 is 32.2 Å². The predicted molar refractivity (Wildman–Crippen MR) is 86.5 cm³/mol. The molecule has 0 aromatic carbocycles. The minimum atomic E-state index is -3.29. The lowest BCUT2D eigenvalue weighted by molar-refractivity contribution is 0.471. The molecule has 2 aliphatic rings. The average Bonchev–Trinajstić information content (AvgIpc) is 3.18. The van der Waals surface area contributed by atoms with Crippen molar-refractivity contribution < 1.29 is 8.42 Å². The van der Waals surface area contributed by atoms with Gasteiger partial charge in [-0.25, -0.2) is 8.42 Å². The third-order valence-electron chi connectivity index (χ3n) is 4.36. The molecule has 0 saturated heterocycles. The minimum absolute atomic E-state index is 0.167. The Kier molecular flexibility index (Phi) is 4.40. The molecule has 21 heavy (non-hydrogen) atoms. The fourth-order valence-corrected chi connectivity index (χ4v) is 5.94. The number of rotatable bonds is 4.